The molecule has 2 atom stereocenters. The molecular formula is C29H34ClN3O5S. The molecule has 208 valence electrons. The second-order valence-electron chi connectivity index (χ2n) is 9.16. The maximum atomic E-state index is 13.9. The summed E-state index contributed by atoms with van der Waals surface area (Å²) in [6, 6.07) is 20.4. The van der Waals surface area contributed by atoms with Gasteiger partial charge < -0.3 is 15.0 Å². The second kappa shape index (κ2) is 13.5. The van der Waals surface area contributed by atoms with Crippen molar-refractivity contribution < 1.29 is 22.7 Å². The minimum absolute atomic E-state index is 0.00627. The van der Waals surface area contributed by atoms with E-state index in [2.05, 4.69) is 5.32 Å². The van der Waals surface area contributed by atoms with Crippen molar-refractivity contribution in [1.82, 2.24) is 10.2 Å². The summed E-state index contributed by atoms with van der Waals surface area (Å²) in [5.41, 5.74) is 1.07. The number of carbonyl (C=O) groups excluding carboxylic acids is 2. The summed E-state index contributed by atoms with van der Waals surface area (Å²) < 4.78 is 33.8. The highest BCUT2D eigenvalue weighted by Gasteiger charge is 2.32. The van der Waals surface area contributed by atoms with Gasteiger partial charge in [-0.2, -0.15) is 0 Å². The predicted octanol–water partition coefficient (Wildman–Crippen LogP) is 4.88. The smallest absolute Gasteiger partial charge is 0.264 e. The first-order valence-electron chi connectivity index (χ1n) is 12.6. The van der Waals surface area contributed by atoms with Crippen LogP contribution in [0.3, 0.4) is 0 Å². The average molecular weight is 572 g/mol. The Balaban J connectivity index is 1.99. The quantitative estimate of drug-likeness (QED) is 0.334. The molecule has 0 radical (unpaired) electrons. The molecule has 3 aromatic carbocycles. The van der Waals surface area contributed by atoms with Gasteiger partial charge in [-0.3, -0.25) is 13.9 Å². The number of amides is 2. The molecule has 10 heteroatoms. The molecular weight excluding hydrogens is 538 g/mol. The van der Waals surface area contributed by atoms with Crippen LogP contribution in [0.5, 0.6) is 5.75 Å². The first-order valence-corrected chi connectivity index (χ1v) is 14.4. The topological polar surface area (TPSA) is 96.0 Å². The van der Waals surface area contributed by atoms with Gasteiger partial charge in [0.15, 0.2) is 0 Å². The van der Waals surface area contributed by atoms with Gasteiger partial charge in [0.2, 0.25) is 11.8 Å². The number of rotatable bonds is 12. The van der Waals surface area contributed by atoms with Gasteiger partial charge in [0.1, 0.15) is 18.3 Å². The number of benzene rings is 3. The van der Waals surface area contributed by atoms with Gasteiger partial charge in [0.25, 0.3) is 10.0 Å². The molecule has 8 nitrogen and oxygen atoms in total. The molecule has 1 N–H and O–H groups in total. The van der Waals surface area contributed by atoms with E-state index < -0.39 is 28.5 Å². The minimum Gasteiger partial charge on any atom is -0.497 e. The molecule has 39 heavy (non-hydrogen) atoms. The summed E-state index contributed by atoms with van der Waals surface area (Å²) in [6.07, 6.45) is 0.728. The van der Waals surface area contributed by atoms with Crippen LogP contribution in [0, 0.1) is 0 Å². The predicted molar refractivity (Wildman–Crippen MR) is 153 cm³/mol. The first kappa shape index (κ1) is 30.0. The third-order valence-electron chi connectivity index (χ3n) is 6.40. The lowest BCUT2D eigenvalue weighted by molar-refractivity contribution is -0.139. The number of anilines is 1. The lowest BCUT2D eigenvalue weighted by Crippen LogP contribution is -2.52. The molecule has 0 aliphatic heterocycles. The number of nitrogens with one attached hydrogen (secondary N) is 1. The third-order valence-corrected chi connectivity index (χ3v) is 8.45. The molecule has 0 spiro atoms. The van der Waals surface area contributed by atoms with Gasteiger partial charge in [-0.15, -0.1) is 0 Å². The third kappa shape index (κ3) is 7.74. The number of nitrogens with zero attached hydrogens (tertiary/aromatic N) is 2. The monoisotopic (exact) mass is 571 g/mol. The van der Waals surface area contributed by atoms with Crippen molar-refractivity contribution in [1.29, 1.82) is 0 Å². The highest BCUT2D eigenvalue weighted by Crippen LogP contribution is 2.26. The van der Waals surface area contributed by atoms with E-state index in [1.54, 1.807) is 73.7 Å². The normalized spacial score (nSPS) is 12.7. The van der Waals surface area contributed by atoms with Crippen LogP contribution < -0.4 is 14.4 Å². The van der Waals surface area contributed by atoms with Crippen molar-refractivity contribution in [3.8, 4) is 5.75 Å². The second-order valence-corrected chi connectivity index (χ2v) is 11.5. The van der Waals surface area contributed by atoms with E-state index in [1.165, 1.54) is 24.1 Å². The van der Waals surface area contributed by atoms with Gasteiger partial charge in [0.05, 0.1) is 17.7 Å². The van der Waals surface area contributed by atoms with Crippen LogP contribution in [0.25, 0.3) is 0 Å². The fraction of sp³-hybridized carbons (Fsp3) is 0.310. The van der Waals surface area contributed by atoms with Gasteiger partial charge in [-0.1, -0.05) is 48.9 Å². The number of ether oxygens (including phenoxy) is 1. The first-order chi connectivity index (χ1) is 18.6. The molecule has 0 aromatic heterocycles. The Morgan fingerprint density at radius 2 is 1.56 bits per heavy atom. The molecule has 0 bridgehead atoms. The summed E-state index contributed by atoms with van der Waals surface area (Å²) in [4.78, 5) is 28.3. The lowest BCUT2D eigenvalue weighted by Gasteiger charge is -2.32. The SMILES string of the molecule is CC[C@H](C)NC(=O)[C@H](C)N(Cc1ccc(Cl)cc1)C(=O)CN(c1ccccc1)S(=O)(=O)c1ccc(OC)cc1. The summed E-state index contributed by atoms with van der Waals surface area (Å²) in [7, 11) is -2.65. The Hall–Kier alpha value is -3.56. The van der Waals surface area contributed by atoms with E-state index in [9.17, 15) is 18.0 Å². The number of sulfonamides is 1. The van der Waals surface area contributed by atoms with Gasteiger partial charge in [-0.25, -0.2) is 8.42 Å². The molecule has 0 unspecified atom stereocenters. The number of halogens is 1. The molecule has 0 aliphatic carbocycles. The molecule has 0 fully saturated rings. The average Bonchev–Trinajstić information content (AvgIpc) is 2.95. The van der Waals surface area contributed by atoms with Gasteiger partial charge >= 0.3 is 0 Å². The van der Waals surface area contributed by atoms with Crippen molar-refractivity contribution >= 4 is 39.1 Å². The van der Waals surface area contributed by atoms with Crippen molar-refractivity contribution in [2.45, 2.75) is 50.7 Å². The Bertz CT molecular complexity index is 1350. The van der Waals surface area contributed by atoms with E-state index in [-0.39, 0.29) is 23.4 Å². The number of para-hydroxylation sites is 1. The zero-order valence-corrected chi connectivity index (χ0v) is 24.1. The number of methoxy groups -OCH3 is 1. The number of hydrogen-bond donors (Lipinski definition) is 1. The van der Waals surface area contributed by atoms with Gasteiger partial charge in [-0.05, 0) is 74.4 Å². The van der Waals surface area contributed by atoms with E-state index in [0.29, 0.717) is 16.5 Å². The fourth-order valence-electron chi connectivity index (χ4n) is 3.83. The zero-order chi connectivity index (χ0) is 28.6. The molecule has 3 rings (SSSR count). The Morgan fingerprint density at radius 3 is 2.13 bits per heavy atom. The standard InChI is InChI=1S/C29H34ClN3O5S/c1-5-21(2)31-29(35)22(3)32(19-23-11-13-24(30)14-12-23)28(34)20-33(25-9-7-6-8-10-25)39(36,37)27-17-15-26(38-4)16-18-27/h6-18,21-22H,5,19-20H2,1-4H3,(H,31,35)/t21-,22-/m0/s1. The van der Waals surface area contributed by atoms with Crippen LogP contribution in [0.15, 0.2) is 83.8 Å². The molecule has 3 aromatic rings. The Morgan fingerprint density at radius 1 is 0.949 bits per heavy atom. The van der Waals surface area contributed by atoms with E-state index in [1.807, 2.05) is 13.8 Å². The largest absolute Gasteiger partial charge is 0.497 e. The summed E-state index contributed by atoms with van der Waals surface area (Å²) in [5.74, 6) is -0.347. The maximum Gasteiger partial charge on any atom is 0.264 e. The van der Waals surface area contributed by atoms with E-state index in [0.717, 1.165) is 16.3 Å². The van der Waals surface area contributed by atoms with Crippen LogP contribution >= 0.6 is 11.6 Å². The van der Waals surface area contributed by atoms with Crippen LogP contribution in [0.4, 0.5) is 5.69 Å². The minimum atomic E-state index is -4.14. The van der Waals surface area contributed by atoms with Crippen LogP contribution in [0.1, 0.15) is 32.8 Å². The number of hydrogen-bond acceptors (Lipinski definition) is 5. The summed E-state index contributed by atoms with van der Waals surface area (Å²) in [5, 5.41) is 3.46. The maximum absolute atomic E-state index is 13.9. The van der Waals surface area contributed by atoms with Crippen molar-refractivity contribution in [3.05, 3.63) is 89.4 Å². The molecule has 2 amide bonds. The molecule has 0 saturated carbocycles. The molecule has 0 aliphatic rings. The van der Waals surface area contributed by atoms with Crippen molar-refractivity contribution in [2.75, 3.05) is 18.0 Å². The highest BCUT2D eigenvalue weighted by molar-refractivity contribution is 7.92. The lowest BCUT2D eigenvalue weighted by atomic mass is 10.1. The highest BCUT2D eigenvalue weighted by atomic mass is 35.5. The van der Waals surface area contributed by atoms with Crippen LogP contribution in [-0.4, -0.2) is 50.9 Å². The van der Waals surface area contributed by atoms with E-state index >= 15 is 0 Å². The Labute approximate surface area is 235 Å². The van der Waals surface area contributed by atoms with Crippen LogP contribution in [-0.2, 0) is 26.2 Å². The van der Waals surface area contributed by atoms with Gasteiger partial charge in [0, 0.05) is 17.6 Å². The Kier molecular flexibility index (Phi) is 10.4. The zero-order valence-electron chi connectivity index (χ0n) is 22.5. The summed E-state index contributed by atoms with van der Waals surface area (Å²) >= 11 is 6.04. The van der Waals surface area contributed by atoms with E-state index in [4.69, 9.17) is 16.3 Å². The molecule has 0 heterocycles. The van der Waals surface area contributed by atoms with Crippen LogP contribution in [0.2, 0.25) is 5.02 Å². The number of carbonyl (C=O) groups is 2. The summed E-state index contributed by atoms with van der Waals surface area (Å²) in [6.45, 7) is 5.06. The fourth-order valence-corrected chi connectivity index (χ4v) is 5.37. The van der Waals surface area contributed by atoms with Crippen molar-refractivity contribution in [3.63, 3.8) is 0 Å². The van der Waals surface area contributed by atoms with Crippen molar-refractivity contribution in [2.24, 2.45) is 0 Å². The molecule has 0 saturated heterocycles.